The zero-order chi connectivity index (χ0) is 21.1. The number of rotatable bonds is 9. The highest BCUT2D eigenvalue weighted by Gasteiger charge is 2.09. The minimum absolute atomic E-state index is 0.114. The average Bonchev–Trinajstić information content (AvgIpc) is 2.69. The van der Waals surface area contributed by atoms with E-state index in [4.69, 9.17) is 40.2 Å². The topological polar surface area (TPSA) is 67.4 Å². The zero-order valence-corrected chi connectivity index (χ0v) is 18.1. The SMILES string of the molecule is O=C(CCCC(=O)OCCCc1ccccc1)NC(=S)Nc1cc(Cl)ccc1Cl. The van der Waals surface area contributed by atoms with Crippen molar-refractivity contribution in [3.63, 3.8) is 0 Å². The van der Waals surface area contributed by atoms with Crippen molar-refractivity contribution in [3.05, 3.63) is 64.1 Å². The van der Waals surface area contributed by atoms with Crippen LogP contribution >= 0.6 is 35.4 Å². The lowest BCUT2D eigenvalue weighted by Gasteiger charge is -2.11. The maximum atomic E-state index is 11.9. The van der Waals surface area contributed by atoms with Crippen LogP contribution < -0.4 is 10.6 Å². The molecule has 0 unspecified atom stereocenters. The molecule has 2 N–H and O–H groups in total. The van der Waals surface area contributed by atoms with Gasteiger partial charge in [0.2, 0.25) is 5.91 Å². The monoisotopic (exact) mass is 452 g/mol. The van der Waals surface area contributed by atoms with Crippen LogP contribution in [0.3, 0.4) is 0 Å². The smallest absolute Gasteiger partial charge is 0.305 e. The van der Waals surface area contributed by atoms with Gasteiger partial charge in [-0.2, -0.15) is 0 Å². The van der Waals surface area contributed by atoms with Gasteiger partial charge in [0.25, 0.3) is 0 Å². The van der Waals surface area contributed by atoms with E-state index < -0.39 is 0 Å². The first-order valence-corrected chi connectivity index (χ1v) is 10.4. The predicted octanol–water partition coefficient (Wildman–Crippen LogP) is 5.15. The Morgan fingerprint density at radius 3 is 2.52 bits per heavy atom. The lowest BCUT2D eigenvalue weighted by atomic mass is 10.1. The van der Waals surface area contributed by atoms with E-state index in [1.807, 2.05) is 30.3 Å². The number of carbonyl (C=O) groups is 2. The van der Waals surface area contributed by atoms with E-state index in [1.54, 1.807) is 18.2 Å². The van der Waals surface area contributed by atoms with Crippen molar-refractivity contribution in [1.82, 2.24) is 5.32 Å². The van der Waals surface area contributed by atoms with Gasteiger partial charge in [0.1, 0.15) is 0 Å². The number of nitrogens with one attached hydrogen (secondary N) is 2. The number of thiocarbonyl (C=S) groups is 1. The van der Waals surface area contributed by atoms with Crippen LogP contribution in [-0.4, -0.2) is 23.6 Å². The molecule has 0 saturated heterocycles. The highest BCUT2D eigenvalue weighted by atomic mass is 35.5. The minimum atomic E-state index is -0.308. The second-order valence-corrected chi connectivity index (χ2v) is 7.54. The Balaban J connectivity index is 1.58. The van der Waals surface area contributed by atoms with Crippen molar-refractivity contribution in [2.24, 2.45) is 0 Å². The summed E-state index contributed by atoms with van der Waals surface area (Å²) >= 11 is 17.0. The number of ether oxygens (including phenoxy) is 1. The molecule has 8 heteroatoms. The number of carbonyl (C=O) groups excluding carboxylic acids is 2. The van der Waals surface area contributed by atoms with E-state index in [0.717, 1.165) is 12.8 Å². The van der Waals surface area contributed by atoms with E-state index >= 15 is 0 Å². The van der Waals surface area contributed by atoms with E-state index in [-0.39, 0.29) is 29.8 Å². The average molecular weight is 453 g/mol. The van der Waals surface area contributed by atoms with Gasteiger partial charge in [-0.3, -0.25) is 9.59 Å². The quantitative estimate of drug-likeness (QED) is 0.312. The lowest BCUT2D eigenvalue weighted by molar-refractivity contribution is -0.143. The minimum Gasteiger partial charge on any atom is -0.466 e. The molecule has 2 aromatic rings. The molecule has 1 amide bonds. The molecule has 0 saturated carbocycles. The number of halogens is 2. The fraction of sp³-hybridized carbons (Fsp3) is 0.286. The summed E-state index contributed by atoms with van der Waals surface area (Å²) in [7, 11) is 0. The predicted molar refractivity (Wildman–Crippen MR) is 120 cm³/mol. The molecular weight excluding hydrogens is 431 g/mol. The molecule has 29 heavy (non-hydrogen) atoms. The summed E-state index contributed by atoms with van der Waals surface area (Å²) in [6.07, 6.45) is 2.34. The van der Waals surface area contributed by atoms with E-state index in [1.165, 1.54) is 5.56 Å². The van der Waals surface area contributed by atoms with Gasteiger partial charge in [-0.15, -0.1) is 0 Å². The summed E-state index contributed by atoms with van der Waals surface area (Å²) in [5.74, 6) is -0.602. The van der Waals surface area contributed by atoms with Crippen LogP contribution in [0, 0.1) is 0 Å². The summed E-state index contributed by atoms with van der Waals surface area (Å²) in [4.78, 5) is 23.7. The molecule has 0 bridgehead atoms. The third kappa shape index (κ3) is 9.26. The summed E-state index contributed by atoms with van der Waals surface area (Å²) in [5, 5.41) is 6.41. The summed E-state index contributed by atoms with van der Waals surface area (Å²) in [5.41, 5.74) is 1.72. The number of hydrogen-bond donors (Lipinski definition) is 2. The number of amides is 1. The maximum absolute atomic E-state index is 11.9. The van der Waals surface area contributed by atoms with E-state index in [9.17, 15) is 9.59 Å². The first kappa shape index (κ1) is 23.1. The van der Waals surface area contributed by atoms with Gasteiger partial charge in [-0.05, 0) is 55.2 Å². The molecule has 154 valence electrons. The van der Waals surface area contributed by atoms with Crippen molar-refractivity contribution in [2.45, 2.75) is 32.1 Å². The maximum Gasteiger partial charge on any atom is 0.305 e. The Labute approximate surface area is 185 Å². The third-order valence-corrected chi connectivity index (χ3v) is 4.70. The van der Waals surface area contributed by atoms with Gasteiger partial charge in [-0.25, -0.2) is 0 Å². The molecule has 0 heterocycles. The lowest BCUT2D eigenvalue weighted by Crippen LogP contribution is -2.34. The number of benzene rings is 2. The highest BCUT2D eigenvalue weighted by molar-refractivity contribution is 7.80. The Morgan fingerprint density at radius 2 is 1.76 bits per heavy atom. The Hall–Kier alpha value is -2.15. The van der Waals surface area contributed by atoms with Crippen molar-refractivity contribution < 1.29 is 14.3 Å². The molecule has 0 atom stereocenters. The summed E-state index contributed by atoms with van der Waals surface area (Å²) in [6, 6.07) is 14.9. The van der Waals surface area contributed by atoms with Crippen LogP contribution in [0.1, 0.15) is 31.2 Å². The molecule has 0 spiro atoms. The molecule has 0 aliphatic heterocycles. The standard InChI is InChI=1S/C21H22Cl2N2O3S/c22-16-11-12-17(23)18(14-16)24-21(29)25-19(26)9-4-10-20(27)28-13-5-8-15-6-2-1-3-7-15/h1-3,6-7,11-12,14H,4-5,8-10,13H2,(H2,24,25,26,29). The van der Waals surface area contributed by atoms with E-state index in [2.05, 4.69) is 10.6 Å². The molecule has 2 aromatic carbocycles. The van der Waals surface area contributed by atoms with Crippen molar-refractivity contribution in [3.8, 4) is 0 Å². The van der Waals surface area contributed by atoms with Gasteiger partial charge in [0, 0.05) is 17.9 Å². The van der Waals surface area contributed by atoms with Gasteiger partial charge in [0.15, 0.2) is 5.11 Å². The molecular formula is C21H22Cl2N2O3S. The molecule has 0 fully saturated rings. The van der Waals surface area contributed by atoms with Gasteiger partial charge in [-0.1, -0.05) is 53.5 Å². The van der Waals surface area contributed by atoms with Crippen molar-refractivity contribution in [2.75, 3.05) is 11.9 Å². The first-order valence-electron chi connectivity index (χ1n) is 9.19. The van der Waals surface area contributed by atoms with E-state index in [0.29, 0.717) is 28.8 Å². The van der Waals surface area contributed by atoms with Gasteiger partial charge in [0.05, 0.1) is 17.3 Å². The van der Waals surface area contributed by atoms with Crippen LogP contribution in [0.15, 0.2) is 48.5 Å². The highest BCUT2D eigenvalue weighted by Crippen LogP contribution is 2.25. The van der Waals surface area contributed by atoms with Gasteiger partial charge < -0.3 is 15.4 Å². The number of esters is 1. The summed E-state index contributed by atoms with van der Waals surface area (Å²) in [6.45, 7) is 0.369. The number of hydrogen-bond acceptors (Lipinski definition) is 4. The Bertz CT molecular complexity index is 847. The Kier molecular flexibility index (Phi) is 9.91. The normalized spacial score (nSPS) is 10.3. The fourth-order valence-electron chi connectivity index (χ4n) is 2.51. The van der Waals surface area contributed by atoms with Crippen LogP contribution in [0.4, 0.5) is 5.69 Å². The fourth-order valence-corrected chi connectivity index (χ4v) is 3.07. The van der Waals surface area contributed by atoms with Crippen molar-refractivity contribution in [1.29, 1.82) is 0 Å². The van der Waals surface area contributed by atoms with Crippen LogP contribution in [0.2, 0.25) is 10.0 Å². The molecule has 2 rings (SSSR count). The number of anilines is 1. The first-order chi connectivity index (χ1) is 13.9. The second kappa shape index (κ2) is 12.4. The zero-order valence-electron chi connectivity index (χ0n) is 15.8. The second-order valence-electron chi connectivity index (χ2n) is 6.29. The van der Waals surface area contributed by atoms with Crippen LogP contribution in [-0.2, 0) is 20.7 Å². The van der Waals surface area contributed by atoms with Crippen LogP contribution in [0.25, 0.3) is 0 Å². The van der Waals surface area contributed by atoms with Gasteiger partial charge >= 0.3 is 5.97 Å². The largest absolute Gasteiger partial charge is 0.466 e. The third-order valence-electron chi connectivity index (χ3n) is 3.93. The molecule has 5 nitrogen and oxygen atoms in total. The molecule has 0 radical (unpaired) electrons. The molecule has 0 aliphatic carbocycles. The Morgan fingerprint density at radius 1 is 1.00 bits per heavy atom. The number of aryl methyl sites for hydroxylation is 1. The van der Waals surface area contributed by atoms with Crippen molar-refractivity contribution >= 4 is 58.1 Å². The van der Waals surface area contributed by atoms with Crippen LogP contribution in [0.5, 0.6) is 0 Å². The molecule has 0 aliphatic rings. The molecule has 0 aromatic heterocycles. The summed E-state index contributed by atoms with van der Waals surface area (Å²) < 4.78 is 5.19.